The molecule has 1 aromatic heterocycles. The number of fused-ring (bicyclic) bond motifs is 1. The van der Waals surface area contributed by atoms with Gasteiger partial charge in [-0.15, -0.1) is 0 Å². The highest BCUT2D eigenvalue weighted by atomic mass is 19.4. The number of alkyl halides is 3. The van der Waals surface area contributed by atoms with Crippen LogP contribution in [0.1, 0.15) is 24.2 Å². The van der Waals surface area contributed by atoms with Crippen molar-refractivity contribution in [3.05, 3.63) is 36.0 Å². The molecule has 0 radical (unpaired) electrons. The topological polar surface area (TPSA) is 33.2 Å². The molecule has 1 heterocycles. The van der Waals surface area contributed by atoms with Crippen LogP contribution in [-0.4, -0.2) is 30.0 Å². The lowest BCUT2D eigenvalue weighted by Crippen LogP contribution is -2.31. The molecule has 21 heavy (non-hydrogen) atoms. The molecule has 0 saturated carbocycles. The van der Waals surface area contributed by atoms with Crippen molar-refractivity contribution in [1.82, 2.24) is 4.98 Å². The number of carbonyl (C=O) groups excluding carboxylic acids is 1. The average Bonchev–Trinajstić information content (AvgIpc) is 2.43. The third-order valence-corrected chi connectivity index (χ3v) is 3.38. The third kappa shape index (κ3) is 2.84. The Balaban J connectivity index is 2.76. The van der Waals surface area contributed by atoms with Gasteiger partial charge in [0.15, 0.2) is 0 Å². The molecule has 112 valence electrons. The van der Waals surface area contributed by atoms with Gasteiger partial charge < -0.3 is 4.90 Å². The predicted molar refractivity (Wildman–Crippen MR) is 75.7 cm³/mol. The Labute approximate surface area is 120 Å². The summed E-state index contributed by atoms with van der Waals surface area (Å²) in [6.07, 6.45) is -3.91. The van der Waals surface area contributed by atoms with E-state index in [9.17, 15) is 18.0 Å². The van der Waals surface area contributed by atoms with Gasteiger partial charge in [0.05, 0.1) is 16.8 Å². The van der Waals surface area contributed by atoms with Crippen LogP contribution >= 0.6 is 0 Å². The Morgan fingerprint density at radius 2 is 1.86 bits per heavy atom. The van der Waals surface area contributed by atoms with E-state index in [1.54, 1.807) is 36.2 Å². The molecule has 6 heteroatoms. The van der Waals surface area contributed by atoms with Crippen molar-refractivity contribution in [2.75, 3.05) is 11.9 Å². The summed E-state index contributed by atoms with van der Waals surface area (Å²) in [6, 6.07) is 6.78. The second kappa shape index (κ2) is 5.35. The highest BCUT2D eigenvalue weighted by Gasteiger charge is 2.41. The number of aromatic nitrogens is 1. The Kier molecular flexibility index (Phi) is 3.89. The molecule has 3 nitrogen and oxygen atoms in total. The van der Waals surface area contributed by atoms with E-state index in [-0.39, 0.29) is 11.7 Å². The second-order valence-corrected chi connectivity index (χ2v) is 5.07. The van der Waals surface area contributed by atoms with Crippen molar-refractivity contribution in [2.45, 2.75) is 26.1 Å². The zero-order chi connectivity index (χ0) is 15.8. The number of benzene rings is 1. The SMILES string of the molecule is CC(C)N(C)c1c(C(=O)C(F)(F)F)cnc2ccccc12. The molecule has 0 fully saturated rings. The number of ketones is 1. The van der Waals surface area contributed by atoms with Crippen molar-refractivity contribution in [2.24, 2.45) is 0 Å². The summed E-state index contributed by atoms with van der Waals surface area (Å²) < 4.78 is 38.4. The van der Waals surface area contributed by atoms with E-state index in [2.05, 4.69) is 4.98 Å². The lowest BCUT2D eigenvalue weighted by Gasteiger charge is -2.27. The zero-order valence-electron chi connectivity index (χ0n) is 11.9. The van der Waals surface area contributed by atoms with Crippen molar-refractivity contribution in [3.8, 4) is 0 Å². The lowest BCUT2D eigenvalue weighted by atomic mass is 10.0. The maximum absolute atomic E-state index is 12.8. The van der Waals surface area contributed by atoms with Crippen LogP contribution in [0.15, 0.2) is 30.5 Å². The van der Waals surface area contributed by atoms with Crippen LogP contribution in [0.3, 0.4) is 0 Å². The van der Waals surface area contributed by atoms with Crippen LogP contribution < -0.4 is 4.90 Å². The normalized spacial score (nSPS) is 12.0. The van der Waals surface area contributed by atoms with E-state index in [0.29, 0.717) is 10.9 Å². The van der Waals surface area contributed by atoms with Gasteiger partial charge in [-0.1, -0.05) is 18.2 Å². The van der Waals surface area contributed by atoms with Crippen LogP contribution in [-0.2, 0) is 0 Å². The fourth-order valence-electron chi connectivity index (χ4n) is 2.08. The number of nitrogens with zero attached hydrogens (tertiary/aromatic N) is 2. The molecule has 0 unspecified atom stereocenters. The second-order valence-electron chi connectivity index (χ2n) is 5.07. The minimum Gasteiger partial charge on any atom is -0.371 e. The Hall–Kier alpha value is -2.11. The maximum Gasteiger partial charge on any atom is 0.455 e. The van der Waals surface area contributed by atoms with E-state index in [1.165, 1.54) is 0 Å². The predicted octanol–water partition coefficient (Wildman–Crippen LogP) is 3.82. The molecule has 0 aliphatic heterocycles. The van der Waals surface area contributed by atoms with Crippen molar-refractivity contribution >= 4 is 22.4 Å². The van der Waals surface area contributed by atoms with E-state index >= 15 is 0 Å². The standard InChI is InChI=1S/C15H15F3N2O/c1-9(2)20(3)13-10-6-4-5-7-12(10)19-8-11(13)14(21)15(16,17)18/h4-9H,1-3H3. The number of hydrogen-bond acceptors (Lipinski definition) is 3. The first-order valence-corrected chi connectivity index (χ1v) is 6.45. The molecule has 0 N–H and O–H groups in total. The van der Waals surface area contributed by atoms with Crippen molar-refractivity contribution in [3.63, 3.8) is 0 Å². The molecule has 2 rings (SSSR count). The molecule has 0 aliphatic carbocycles. The minimum atomic E-state index is -4.92. The van der Waals surface area contributed by atoms with Crippen LogP contribution in [0, 0.1) is 0 Å². The van der Waals surface area contributed by atoms with Gasteiger partial charge in [-0.2, -0.15) is 13.2 Å². The Bertz CT molecular complexity index is 680. The van der Waals surface area contributed by atoms with E-state index < -0.39 is 17.5 Å². The van der Waals surface area contributed by atoms with Crippen LogP contribution in [0.4, 0.5) is 18.9 Å². The van der Waals surface area contributed by atoms with Crippen molar-refractivity contribution in [1.29, 1.82) is 0 Å². The molecule has 2 aromatic rings. The molecule has 0 amide bonds. The Morgan fingerprint density at radius 3 is 2.43 bits per heavy atom. The number of carbonyl (C=O) groups is 1. The number of Topliss-reactive ketones (excluding diaryl/α,β-unsaturated/α-hetero) is 1. The molecule has 0 bridgehead atoms. The van der Waals surface area contributed by atoms with Gasteiger partial charge in [0.1, 0.15) is 0 Å². The van der Waals surface area contributed by atoms with Gasteiger partial charge in [-0.3, -0.25) is 9.78 Å². The van der Waals surface area contributed by atoms with Crippen LogP contribution in [0.2, 0.25) is 0 Å². The maximum atomic E-state index is 12.8. The minimum absolute atomic E-state index is 0.0596. The number of pyridine rings is 1. The van der Waals surface area contributed by atoms with E-state index in [4.69, 9.17) is 0 Å². The van der Waals surface area contributed by atoms with Gasteiger partial charge in [0.25, 0.3) is 5.78 Å². The smallest absolute Gasteiger partial charge is 0.371 e. The van der Waals surface area contributed by atoms with E-state index in [0.717, 1.165) is 6.20 Å². The molecule has 1 aromatic carbocycles. The van der Waals surface area contributed by atoms with Gasteiger partial charge in [-0.05, 0) is 19.9 Å². The largest absolute Gasteiger partial charge is 0.455 e. The summed E-state index contributed by atoms with van der Waals surface area (Å²) in [5.74, 6) is -1.87. The monoisotopic (exact) mass is 296 g/mol. The fourth-order valence-corrected chi connectivity index (χ4v) is 2.08. The number of halogens is 3. The summed E-state index contributed by atoms with van der Waals surface area (Å²) in [7, 11) is 1.67. The van der Waals surface area contributed by atoms with E-state index in [1.807, 2.05) is 13.8 Å². The molecule has 0 saturated heterocycles. The summed E-state index contributed by atoms with van der Waals surface area (Å²) in [5, 5.41) is 0.531. The number of hydrogen-bond donors (Lipinski definition) is 0. The quantitative estimate of drug-likeness (QED) is 0.807. The Morgan fingerprint density at radius 1 is 1.24 bits per heavy atom. The summed E-state index contributed by atoms with van der Waals surface area (Å²) in [5.41, 5.74) is 0.397. The first kappa shape index (κ1) is 15.3. The van der Waals surface area contributed by atoms with Gasteiger partial charge in [0.2, 0.25) is 0 Å². The first-order chi connectivity index (χ1) is 9.73. The number of anilines is 1. The lowest BCUT2D eigenvalue weighted by molar-refractivity contribution is -0.0885. The summed E-state index contributed by atoms with van der Waals surface area (Å²) in [6.45, 7) is 3.69. The van der Waals surface area contributed by atoms with Crippen LogP contribution in [0.5, 0.6) is 0 Å². The fraction of sp³-hybridized carbons (Fsp3) is 0.333. The molecular formula is C15H15F3N2O. The van der Waals surface area contributed by atoms with Gasteiger partial charge in [0, 0.05) is 24.7 Å². The molecule has 0 aliphatic rings. The highest BCUT2D eigenvalue weighted by Crippen LogP contribution is 2.33. The molecule has 0 atom stereocenters. The average molecular weight is 296 g/mol. The first-order valence-electron chi connectivity index (χ1n) is 6.45. The summed E-state index contributed by atoms with van der Waals surface area (Å²) >= 11 is 0. The molecule has 0 spiro atoms. The molecular weight excluding hydrogens is 281 g/mol. The number of para-hydroxylation sites is 1. The van der Waals surface area contributed by atoms with Gasteiger partial charge in [-0.25, -0.2) is 0 Å². The van der Waals surface area contributed by atoms with Crippen LogP contribution in [0.25, 0.3) is 10.9 Å². The zero-order valence-corrected chi connectivity index (χ0v) is 11.9. The number of rotatable bonds is 3. The van der Waals surface area contributed by atoms with Crippen molar-refractivity contribution < 1.29 is 18.0 Å². The highest BCUT2D eigenvalue weighted by molar-refractivity contribution is 6.10. The summed E-state index contributed by atoms with van der Waals surface area (Å²) in [4.78, 5) is 17.3. The van der Waals surface area contributed by atoms with Gasteiger partial charge >= 0.3 is 6.18 Å². The third-order valence-electron chi connectivity index (χ3n) is 3.38.